The van der Waals surface area contributed by atoms with Crippen LogP contribution in [0.15, 0.2) is 76.3 Å². The molecule has 0 saturated heterocycles. The third-order valence-corrected chi connectivity index (χ3v) is 6.00. The average molecular weight is 485 g/mol. The summed E-state index contributed by atoms with van der Waals surface area (Å²) >= 11 is 13.7. The topological polar surface area (TPSA) is 73.0 Å². The Bertz CT molecular complexity index is 1270. The van der Waals surface area contributed by atoms with E-state index in [-0.39, 0.29) is 5.91 Å². The standard InChI is InChI=1S/C23H18Cl2N4O2S/c1-15-26-27-23(32-14-16-5-3-2-4-6-16)29(15)28-22(30)12-9-18-8-11-21(31-18)19-10-7-17(24)13-20(19)25/h2-13H,14H2,1H3,(H,28,30). The maximum Gasteiger partial charge on any atom is 0.263 e. The Kier molecular flexibility index (Phi) is 6.99. The minimum atomic E-state index is -0.336. The van der Waals surface area contributed by atoms with Crippen molar-refractivity contribution in [1.82, 2.24) is 14.9 Å². The van der Waals surface area contributed by atoms with E-state index >= 15 is 0 Å². The molecule has 0 aliphatic heterocycles. The Balaban J connectivity index is 1.41. The number of rotatable bonds is 7. The Labute approximate surface area is 199 Å². The monoisotopic (exact) mass is 484 g/mol. The zero-order valence-corrected chi connectivity index (χ0v) is 19.3. The molecule has 2 heterocycles. The largest absolute Gasteiger partial charge is 0.457 e. The second kappa shape index (κ2) is 10.1. The predicted molar refractivity (Wildman–Crippen MR) is 128 cm³/mol. The second-order valence-electron chi connectivity index (χ2n) is 6.78. The van der Waals surface area contributed by atoms with Crippen LogP contribution >= 0.6 is 35.0 Å². The number of halogens is 2. The van der Waals surface area contributed by atoms with E-state index in [9.17, 15) is 4.79 Å². The van der Waals surface area contributed by atoms with Gasteiger partial charge in [-0.05, 0) is 48.9 Å². The van der Waals surface area contributed by atoms with E-state index in [2.05, 4.69) is 15.6 Å². The SMILES string of the molecule is Cc1nnc(SCc2ccccc2)n1NC(=O)C=Cc1ccc(-c2ccc(Cl)cc2Cl)o1. The van der Waals surface area contributed by atoms with Crippen molar-refractivity contribution in [2.24, 2.45) is 0 Å². The molecule has 0 unspecified atom stereocenters. The fourth-order valence-corrected chi connectivity index (χ4v) is 4.26. The van der Waals surface area contributed by atoms with Gasteiger partial charge in [0.15, 0.2) is 0 Å². The lowest BCUT2D eigenvalue weighted by molar-refractivity contribution is -0.112. The van der Waals surface area contributed by atoms with Crippen molar-refractivity contribution in [1.29, 1.82) is 0 Å². The summed E-state index contributed by atoms with van der Waals surface area (Å²) in [6.07, 6.45) is 2.97. The third-order valence-electron chi connectivity index (χ3n) is 4.45. The van der Waals surface area contributed by atoms with Gasteiger partial charge in [0.25, 0.3) is 5.91 Å². The smallest absolute Gasteiger partial charge is 0.263 e. The fourth-order valence-electron chi connectivity index (χ4n) is 2.87. The molecule has 9 heteroatoms. The first-order valence-electron chi connectivity index (χ1n) is 9.62. The summed E-state index contributed by atoms with van der Waals surface area (Å²) in [4.78, 5) is 12.5. The van der Waals surface area contributed by atoms with Crippen molar-refractivity contribution in [3.8, 4) is 11.3 Å². The minimum absolute atomic E-state index is 0.336. The maximum atomic E-state index is 12.5. The van der Waals surface area contributed by atoms with Gasteiger partial charge >= 0.3 is 0 Å². The number of carbonyl (C=O) groups excluding carboxylic acids is 1. The fraction of sp³-hybridized carbons (Fsp3) is 0.0870. The molecule has 0 fully saturated rings. The first-order valence-corrected chi connectivity index (χ1v) is 11.4. The molecular weight excluding hydrogens is 467 g/mol. The van der Waals surface area contributed by atoms with Crippen LogP contribution in [0.3, 0.4) is 0 Å². The zero-order chi connectivity index (χ0) is 22.5. The number of hydrogen-bond donors (Lipinski definition) is 1. The van der Waals surface area contributed by atoms with Gasteiger partial charge in [-0.3, -0.25) is 10.2 Å². The van der Waals surface area contributed by atoms with Crippen LogP contribution in [-0.2, 0) is 10.5 Å². The summed E-state index contributed by atoms with van der Waals surface area (Å²) in [5.41, 5.74) is 4.67. The molecule has 0 radical (unpaired) electrons. The Morgan fingerprint density at radius 3 is 2.72 bits per heavy atom. The minimum Gasteiger partial charge on any atom is -0.457 e. The van der Waals surface area contributed by atoms with E-state index in [1.807, 2.05) is 30.3 Å². The van der Waals surface area contributed by atoms with Crippen LogP contribution in [-0.4, -0.2) is 20.8 Å². The summed E-state index contributed by atoms with van der Waals surface area (Å²) in [5, 5.41) is 9.86. The van der Waals surface area contributed by atoms with Crippen LogP contribution in [0, 0.1) is 6.92 Å². The van der Waals surface area contributed by atoms with Gasteiger partial charge in [0.2, 0.25) is 5.16 Å². The normalized spacial score (nSPS) is 11.2. The lowest BCUT2D eigenvalue weighted by Gasteiger charge is -2.08. The second-order valence-corrected chi connectivity index (χ2v) is 8.56. The van der Waals surface area contributed by atoms with Gasteiger partial charge in [-0.25, -0.2) is 4.68 Å². The predicted octanol–water partition coefficient (Wildman–Crippen LogP) is 6.23. The van der Waals surface area contributed by atoms with Crippen LogP contribution in [0.2, 0.25) is 10.0 Å². The van der Waals surface area contributed by atoms with Crippen molar-refractivity contribution in [3.05, 3.63) is 93.9 Å². The highest BCUT2D eigenvalue weighted by atomic mass is 35.5. The van der Waals surface area contributed by atoms with E-state index < -0.39 is 0 Å². The van der Waals surface area contributed by atoms with Gasteiger partial charge in [-0.15, -0.1) is 10.2 Å². The molecule has 2 aromatic heterocycles. The number of aromatic nitrogens is 3. The van der Waals surface area contributed by atoms with Gasteiger partial charge in [-0.1, -0.05) is 65.3 Å². The molecule has 0 saturated carbocycles. The Hall–Kier alpha value is -3.00. The highest BCUT2D eigenvalue weighted by Crippen LogP contribution is 2.31. The number of amides is 1. The molecule has 1 N–H and O–H groups in total. The molecule has 162 valence electrons. The van der Waals surface area contributed by atoms with Crippen molar-refractivity contribution >= 4 is 46.9 Å². The first kappa shape index (κ1) is 22.2. The molecule has 0 aliphatic rings. The molecule has 0 bridgehead atoms. The van der Waals surface area contributed by atoms with Gasteiger partial charge in [0.05, 0.1) is 5.02 Å². The number of hydrogen-bond acceptors (Lipinski definition) is 5. The van der Waals surface area contributed by atoms with E-state index in [1.165, 1.54) is 17.8 Å². The molecule has 1 amide bonds. The number of nitrogens with zero attached hydrogens (tertiary/aromatic N) is 3. The third kappa shape index (κ3) is 5.43. The lowest BCUT2D eigenvalue weighted by atomic mass is 10.2. The molecule has 0 spiro atoms. The Morgan fingerprint density at radius 2 is 1.94 bits per heavy atom. The first-order chi connectivity index (χ1) is 15.5. The van der Waals surface area contributed by atoms with Crippen LogP contribution < -0.4 is 5.43 Å². The summed E-state index contributed by atoms with van der Waals surface area (Å²) in [6.45, 7) is 1.78. The lowest BCUT2D eigenvalue weighted by Crippen LogP contribution is -2.22. The van der Waals surface area contributed by atoms with Crippen molar-refractivity contribution in [2.75, 3.05) is 5.43 Å². The molecule has 2 aromatic carbocycles. The number of carbonyl (C=O) groups is 1. The van der Waals surface area contributed by atoms with Crippen LogP contribution in [0.25, 0.3) is 17.4 Å². The molecule has 32 heavy (non-hydrogen) atoms. The summed E-state index contributed by atoms with van der Waals surface area (Å²) in [5.74, 6) is 2.06. The van der Waals surface area contributed by atoms with Gasteiger partial charge in [0.1, 0.15) is 17.3 Å². The van der Waals surface area contributed by atoms with Crippen molar-refractivity contribution in [2.45, 2.75) is 17.8 Å². The van der Waals surface area contributed by atoms with E-state index in [0.29, 0.717) is 38.3 Å². The van der Waals surface area contributed by atoms with Crippen LogP contribution in [0.4, 0.5) is 0 Å². The molecule has 4 aromatic rings. The van der Waals surface area contributed by atoms with Gasteiger partial charge < -0.3 is 4.42 Å². The van der Waals surface area contributed by atoms with Crippen molar-refractivity contribution in [3.63, 3.8) is 0 Å². The number of benzene rings is 2. The summed E-state index contributed by atoms with van der Waals surface area (Å²) in [6, 6.07) is 18.7. The maximum absolute atomic E-state index is 12.5. The highest BCUT2D eigenvalue weighted by Gasteiger charge is 2.12. The molecule has 0 atom stereocenters. The van der Waals surface area contributed by atoms with Crippen LogP contribution in [0.5, 0.6) is 0 Å². The van der Waals surface area contributed by atoms with Gasteiger partial charge in [-0.2, -0.15) is 0 Å². The summed E-state index contributed by atoms with van der Waals surface area (Å²) in [7, 11) is 0. The average Bonchev–Trinajstić information content (AvgIpc) is 3.39. The van der Waals surface area contributed by atoms with Crippen LogP contribution in [0.1, 0.15) is 17.1 Å². The van der Waals surface area contributed by atoms with E-state index in [4.69, 9.17) is 27.6 Å². The zero-order valence-electron chi connectivity index (χ0n) is 17.0. The number of aryl methyl sites for hydroxylation is 1. The Morgan fingerprint density at radius 1 is 1.12 bits per heavy atom. The number of thioether (sulfide) groups is 1. The highest BCUT2D eigenvalue weighted by molar-refractivity contribution is 7.98. The van der Waals surface area contributed by atoms with Gasteiger partial charge in [0, 0.05) is 22.4 Å². The molecular formula is C23H18Cl2N4O2S. The summed E-state index contributed by atoms with van der Waals surface area (Å²) < 4.78 is 7.35. The number of furan rings is 1. The quantitative estimate of drug-likeness (QED) is 0.248. The number of nitrogens with one attached hydrogen (secondary N) is 1. The van der Waals surface area contributed by atoms with Crippen molar-refractivity contribution < 1.29 is 9.21 Å². The van der Waals surface area contributed by atoms with E-state index in [1.54, 1.807) is 48.0 Å². The molecule has 6 nitrogen and oxygen atoms in total. The molecule has 4 rings (SSSR count). The molecule has 0 aliphatic carbocycles. The van der Waals surface area contributed by atoms with E-state index in [0.717, 1.165) is 11.1 Å².